The minimum atomic E-state index is 0.133. The average Bonchev–Trinajstić information content (AvgIpc) is 3.17. The van der Waals surface area contributed by atoms with Gasteiger partial charge in [0.25, 0.3) is 0 Å². The minimum Gasteiger partial charge on any atom is -0.453 e. The third kappa shape index (κ3) is 2.76. The topological polar surface area (TPSA) is 43.0 Å². The van der Waals surface area contributed by atoms with Crippen LogP contribution in [-0.2, 0) is 6.42 Å². The van der Waals surface area contributed by atoms with Crippen molar-refractivity contribution < 1.29 is 4.42 Å². The predicted molar refractivity (Wildman–Crippen MR) is 79.0 cm³/mol. The monoisotopic (exact) mass is 293 g/mol. The Bertz CT molecular complexity index is 557. The van der Waals surface area contributed by atoms with Gasteiger partial charge in [0.05, 0.1) is 18.0 Å². The summed E-state index contributed by atoms with van der Waals surface area (Å²) in [6.45, 7) is 0. The van der Waals surface area contributed by atoms with Crippen LogP contribution in [0.3, 0.4) is 0 Å². The lowest BCUT2D eigenvalue weighted by atomic mass is 10.1. The molecular formula is C15H20ClN3O. The van der Waals surface area contributed by atoms with Crippen LogP contribution < -0.4 is 5.32 Å². The first-order valence-corrected chi connectivity index (χ1v) is 7.60. The van der Waals surface area contributed by atoms with Crippen molar-refractivity contribution in [1.82, 2.24) is 15.1 Å². The maximum atomic E-state index is 6.06. The Balaban J connectivity index is 1.71. The quantitative estimate of drug-likeness (QED) is 0.913. The minimum absolute atomic E-state index is 0.133. The number of hydrogen-bond donors (Lipinski definition) is 1. The Kier molecular flexibility index (Phi) is 4.13. The first kappa shape index (κ1) is 13.7. The molecule has 1 N–H and O–H groups in total. The Morgan fingerprint density at radius 2 is 2.25 bits per heavy atom. The van der Waals surface area contributed by atoms with Crippen molar-refractivity contribution in [2.45, 2.75) is 44.2 Å². The molecular weight excluding hydrogens is 274 g/mol. The summed E-state index contributed by atoms with van der Waals surface area (Å²) in [6.07, 6.45) is 9.70. The second kappa shape index (κ2) is 6.02. The number of nitrogens with one attached hydrogen (secondary N) is 1. The van der Waals surface area contributed by atoms with E-state index in [0.717, 1.165) is 17.7 Å². The van der Waals surface area contributed by atoms with Crippen molar-refractivity contribution in [2.75, 3.05) is 7.05 Å². The van der Waals surface area contributed by atoms with E-state index >= 15 is 0 Å². The number of furan rings is 1. The Morgan fingerprint density at radius 3 is 2.90 bits per heavy atom. The summed E-state index contributed by atoms with van der Waals surface area (Å²) in [5, 5.41) is 8.46. The molecule has 0 radical (unpaired) electrons. The standard InChI is InChI=1S/C15H20ClN3O/c1-17-14(13-7-9-20-15(13)16)10-11-6-8-19(18-11)12-4-2-3-5-12/h6-9,12,14,17H,2-5,10H2,1H3. The summed E-state index contributed by atoms with van der Waals surface area (Å²) in [5.41, 5.74) is 2.08. The lowest BCUT2D eigenvalue weighted by molar-refractivity contribution is 0.458. The van der Waals surface area contributed by atoms with Gasteiger partial charge >= 0.3 is 0 Å². The number of aromatic nitrogens is 2. The van der Waals surface area contributed by atoms with E-state index in [1.807, 2.05) is 13.1 Å². The summed E-state index contributed by atoms with van der Waals surface area (Å²) >= 11 is 6.06. The predicted octanol–water partition coefficient (Wildman–Crippen LogP) is 3.75. The molecule has 1 unspecified atom stereocenters. The second-order valence-electron chi connectivity index (χ2n) is 5.42. The van der Waals surface area contributed by atoms with Gasteiger partial charge in [0, 0.05) is 24.2 Å². The van der Waals surface area contributed by atoms with Gasteiger partial charge in [-0.25, -0.2) is 0 Å². The highest BCUT2D eigenvalue weighted by Gasteiger charge is 2.20. The SMILES string of the molecule is CNC(Cc1ccn(C2CCCC2)n1)c1ccoc1Cl. The molecule has 1 fully saturated rings. The fourth-order valence-corrected chi connectivity index (χ4v) is 3.23. The molecule has 4 nitrogen and oxygen atoms in total. The van der Waals surface area contributed by atoms with Gasteiger partial charge in [-0.1, -0.05) is 12.8 Å². The highest BCUT2D eigenvalue weighted by Crippen LogP contribution is 2.30. The van der Waals surface area contributed by atoms with Crippen LogP contribution in [0.2, 0.25) is 5.22 Å². The summed E-state index contributed by atoms with van der Waals surface area (Å²) in [6, 6.07) is 4.75. The lowest BCUT2D eigenvalue weighted by Gasteiger charge is -2.14. The molecule has 5 heteroatoms. The number of halogens is 1. The molecule has 0 spiro atoms. The molecule has 108 valence electrons. The normalized spacial score (nSPS) is 17.7. The Labute approximate surface area is 124 Å². The number of nitrogens with zero attached hydrogens (tertiary/aromatic N) is 2. The van der Waals surface area contributed by atoms with Crippen molar-refractivity contribution in [3.05, 3.63) is 41.1 Å². The van der Waals surface area contributed by atoms with E-state index in [1.54, 1.807) is 6.26 Å². The summed E-state index contributed by atoms with van der Waals surface area (Å²) in [5.74, 6) is 0. The van der Waals surface area contributed by atoms with Crippen LogP contribution in [0.25, 0.3) is 0 Å². The van der Waals surface area contributed by atoms with Gasteiger partial charge in [-0.15, -0.1) is 0 Å². The van der Waals surface area contributed by atoms with Gasteiger partial charge in [0.1, 0.15) is 0 Å². The van der Waals surface area contributed by atoms with Crippen LogP contribution in [0, 0.1) is 0 Å². The van der Waals surface area contributed by atoms with E-state index in [1.165, 1.54) is 25.7 Å². The molecule has 2 aromatic heterocycles. The second-order valence-corrected chi connectivity index (χ2v) is 5.76. The molecule has 1 atom stereocenters. The molecule has 3 rings (SSSR count). The van der Waals surface area contributed by atoms with Crippen LogP contribution >= 0.6 is 11.6 Å². The smallest absolute Gasteiger partial charge is 0.197 e. The van der Waals surface area contributed by atoms with E-state index in [-0.39, 0.29) is 6.04 Å². The highest BCUT2D eigenvalue weighted by atomic mass is 35.5. The van der Waals surface area contributed by atoms with Gasteiger partial charge in [-0.05, 0) is 43.6 Å². The molecule has 1 aliphatic rings. The maximum Gasteiger partial charge on any atom is 0.197 e. The number of hydrogen-bond acceptors (Lipinski definition) is 3. The first-order valence-electron chi connectivity index (χ1n) is 7.22. The fraction of sp³-hybridized carbons (Fsp3) is 0.533. The summed E-state index contributed by atoms with van der Waals surface area (Å²) in [7, 11) is 1.93. The zero-order chi connectivity index (χ0) is 13.9. The molecule has 2 aromatic rings. The highest BCUT2D eigenvalue weighted by molar-refractivity contribution is 6.29. The molecule has 0 aliphatic heterocycles. The number of rotatable bonds is 5. The molecule has 0 bridgehead atoms. The lowest BCUT2D eigenvalue weighted by Crippen LogP contribution is -2.19. The van der Waals surface area contributed by atoms with Crippen molar-refractivity contribution in [3.63, 3.8) is 0 Å². The van der Waals surface area contributed by atoms with Gasteiger partial charge < -0.3 is 9.73 Å². The van der Waals surface area contributed by atoms with Crippen molar-refractivity contribution in [2.24, 2.45) is 0 Å². The maximum absolute atomic E-state index is 6.06. The molecule has 20 heavy (non-hydrogen) atoms. The zero-order valence-electron chi connectivity index (χ0n) is 11.7. The largest absolute Gasteiger partial charge is 0.453 e. The third-order valence-electron chi connectivity index (χ3n) is 4.15. The third-order valence-corrected chi connectivity index (χ3v) is 4.45. The van der Waals surface area contributed by atoms with Crippen LogP contribution in [0.1, 0.15) is 49.0 Å². The van der Waals surface area contributed by atoms with E-state index in [9.17, 15) is 0 Å². The molecule has 1 saturated carbocycles. The van der Waals surface area contributed by atoms with Crippen LogP contribution in [0.15, 0.2) is 29.0 Å². The molecule has 2 heterocycles. The van der Waals surface area contributed by atoms with E-state index < -0.39 is 0 Å². The van der Waals surface area contributed by atoms with Crippen LogP contribution in [0.5, 0.6) is 0 Å². The number of likely N-dealkylation sites (N-methyl/N-ethyl adjacent to an activating group) is 1. The van der Waals surface area contributed by atoms with Crippen LogP contribution in [0.4, 0.5) is 0 Å². The first-order chi connectivity index (χ1) is 9.78. The average molecular weight is 294 g/mol. The fourth-order valence-electron chi connectivity index (χ4n) is 2.99. The van der Waals surface area contributed by atoms with E-state index in [4.69, 9.17) is 21.1 Å². The van der Waals surface area contributed by atoms with Crippen molar-refractivity contribution >= 4 is 11.6 Å². The summed E-state index contributed by atoms with van der Waals surface area (Å²) in [4.78, 5) is 0. The summed E-state index contributed by atoms with van der Waals surface area (Å²) < 4.78 is 7.30. The Hall–Kier alpha value is -1.26. The molecule has 0 amide bonds. The van der Waals surface area contributed by atoms with E-state index in [2.05, 4.69) is 22.3 Å². The molecule has 0 aromatic carbocycles. The van der Waals surface area contributed by atoms with E-state index in [0.29, 0.717) is 11.3 Å². The van der Waals surface area contributed by atoms with Gasteiger partial charge in [-0.3, -0.25) is 4.68 Å². The molecule has 0 saturated heterocycles. The molecule has 1 aliphatic carbocycles. The van der Waals surface area contributed by atoms with Crippen molar-refractivity contribution in [3.8, 4) is 0 Å². The van der Waals surface area contributed by atoms with Crippen LogP contribution in [-0.4, -0.2) is 16.8 Å². The van der Waals surface area contributed by atoms with Gasteiger partial charge in [0.2, 0.25) is 0 Å². The van der Waals surface area contributed by atoms with Gasteiger partial charge in [0.15, 0.2) is 5.22 Å². The Morgan fingerprint density at radius 1 is 1.45 bits per heavy atom. The van der Waals surface area contributed by atoms with Gasteiger partial charge in [-0.2, -0.15) is 5.10 Å². The zero-order valence-corrected chi connectivity index (χ0v) is 12.4. The van der Waals surface area contributed by atoms with Crippen molar-refractivity contribution in [1.29, 1.82) is 0 Å².